The largest absolute Gasteiger partial charge is 0.357 e. The number of carbonyl (C=O) groups excluding carboxylic acids is 1. The molecule has 0 unspecified atom stereocenters. The van der Waals surface area contributed by atoms with Gasteiger partial charge in [-0.05, 0) is 35.9 Å². The Labute approximate surface area is 229 Å². The van der Waals surface area contributed by atoms with E-state index in [1.165, 1.54) is 22.9 Å². The van der Waals surface area contributed by atoms with Crippen molar-refractivity contribution in [1.29, 1.82) is 0 Å². The summed E-state index contributed by atoms with van der Waals surface area (Å²) in [5.74, 6) is 0.612. The van der Waals surface area contributed by atoms with E-state index in [1.54, 1.807) is 62.8 Å². The minimum absolute atomic E-state index is 0.0395. The lowest BCUT2D eigenvalue weighted by atomic mass is 10.1. The number of urea groups is 1. The smallest absolute Gasteiger partial charge is 0.323 e. The van der Waals surface area contributed by atoms with Gasteiger partial charge in [0, 0.05) is 48.4 Å². The van der Waals surface area contributed by atoms with E-state index < -0.39 is 11.8 Å². The van der Waals surface area contributed by atoms with Crippen LogP contribution in [0.2, 0.25) is 0 Å². The standard InChI is InChI=1S/C29H27FN8O2/c1-16(2)25-32-15-23(24(36-25)18-8-5-9-20(30)11-18)35-29(40)34-21-10-6-7-17(12-21)22-13-19-14-33-28(31-3)37-26(19)38(4)27(22)39/h5-16H,1-4H3,(H,31,33,37)(H2,34,35,40). The quantitative estimate of drug-likeness (QED) is 0.264. The lowest BCUT2D eigenvalue weighted by Gasteiger charge is -2.14. The zero-order valence-electron chi connectivity index (χ0n) is 22.4. The van der Waals surface area contributed by atoms with Gasteiger partial charge in [-0.25, -0.2) is 24.1 Å². The van der Waals surface area contributed by atoms with E-state index in [2.05, 4.69) is 35.9 Å². The van der Waals surface area contributed by atoms with Crippen molar-refractivity contribution >= 4 is 34.4 Å². The molecule has 10 nitrogen and oxygen atoms in total. The molecule has 0 spiro atoms. The van der Waals surface area contributed by atoms with Crippen LogP contribution in [0.3, 0.4) is 0 Å². The topological polar surface area (TPSA) is 127 Å². The highest BCUT2D eigenvalue weighted by Crippen LogP contribution is 2.28. The maximum absolute atomic E-state index is 14.0. The zero-order valence-corrected chi connectivity index (χ0v) is 22.4. The first-order valence-electron chi connectivity index (χ1n) is 12.6. The maximum atomic E-state index is 14.0. The average Bonchev–Trinajstić information content (AvgIpc) is 2.95. The van der Waals surface area contributed by atoms with E-state index in [0.717, 1.165) is 0 Å². The van der Waals surface area contributed by atoms with Crippen LogP contribution in [0.15, 0.2) is 71.8 Å². The Morgan fingerprint density at radius 2 is 1.73 bits per heavy atom. The SMILES string of the molecule is CNc1ncc2cc(-c3cccc(NC(=O)Nc4cnc(C(C)C)nc4-c4cccc(F)c4)c3)c(=O)n(C)c2n1. The van der Waals surface area contributed by atoms with Crippen molar-refractivity contribution in [2.45, 2.75) is 19.8 Å². The molecule has 0 radical (unpaired) electrons. The van der Waals surface area contributed by atoms with Crippen LogP contribution in [-0.2, 0) is 7.05 Å². The Bertz CT molecular complexity index is 1800. The van der Waals surface area contributed by atoms with Crippen LogP contribution in [0.5, 0.6) is 0 Å². The highest BCUT2D eigenvalue weighted by molar-refractivity contribution is 6.02. The summed E-state index contributed by atoms with van der Waals surface area (Å²) in [6.07, 6.45) is 3.16. The number of carbonyl (C=O) groups is 1. The minimum Gasteiger partial charge on any atom is -0.357 e. The minimum atomic E-state index is -0.546. The predicted molar refractivity (Wildman–Crippen MR) is 154 cm³/mol. The molecule has 3 N–H and O–H groups in total. The number of halogens is 1. The van der Waals surface area contributed by atoms with Crippen molar-refractivity contribution < 1.29 is 9.18 Å². The van der Waals surface area contributed by atoms with Crippen LogP contribution in [0.25, 0.3) is 33.4 Å². The monoisotopic (exact) mass is 538 g/mol. The molecule has 5 rings (SSSR count). The third-order valence-electron chi connectivity index (χ3n) is 6.27. The van der Waals surface area contributed by atoms with Gasteiger partial charge in [0.25, 0.3) is 5.56 Å². The van der Waals surface area contributed by atoms with Gasteiger partial charge in [-0.15, -0.1) is 0 Å². The molecule has 0 aliphatic heterocycles. The first kappa shape index (κ1) is 26.4. The maximum Gasteiger partial charge on any atom is 0.323 e. The van der Waals surface area contributed by atoms with E-state index in [-0.39, 0.29) is 11.5 Å². The van der Waals surface area contributed by atoms with Gasteiger partial charge in [0.1, 0.15) is 17.3 Å². The van der Waals surface area contributed by atoms with Gasteiger partial charge < -0.3 is 16.0 Å². The number of hydrogen-bond donors (Lipinski definition) is 3. The molecule has 0 atom stereocenters. The number of rotatable bonds is 6. The van der Waals surface area contributed by atoms with Gasteiger partial charge in [0.2, 0.25) is 5.95 Å². The summed E-state index contributed by atoms with van der Waals surface area (Å²) in [4.78, 5) is 43.7. The summed E-state index contributed by atoms with van der Waals surface area (Å²) < 4.78 is 15.4. The predicted octanol–water partition coefficient (Wildman–Crippen LogP) is 5.40. The number of benzene rings is 2. The van der Waals surface area contributed by atoms with Crippen LogP contribution in [0.1, 0.15) is 25.6 Å². The molecule has 0 saturated heterocycles. The number of hydrogen-bond acceptors (Lipinski definition) is 7. The molecule has 11 heteroatoms. The second kappa shape index (κ2) is 10.9. The normalized spacial score (nSPS) is 11.1. The summed E-state index contributed by atoms with van der Waals surface area (Å²) >= 11 is 0. The van der Waals surface area contributed by atoms with Crippen LogP contribution in [0, 0.1) is 5.82 Å². The lowest BCUT2D eigenvalue weighted by molar-refractivity contribution is 0.262. The second-order valence-electron chi connectivity index (χ2n) is 9.46. The number of aryl methyl sites for hydroxylation is 1. The molecule has 3 heterocycles. The van der Waals surface area contributed by atoms with Gasteiger partial charge in [-0.3, -0.25) is 9.36 Å². The van der Waals surface area contributed by atoms with Gasteiger partial charge in [0.05, 0.1) is 17.6 Å². The molecule has 5 aromatic rings. The van der Waals surface area contributed by atoms with Gasteiger partial charge in [0.15, 0.2) is 0 Å². The number of fused-ring (bicyclic) bond motifs is 1. The number of nitrogens with one attached hydrogen (secondary N) is 3. The summed E-state index contributed by atoms with van der Waals surface area (Å²) in [6, 6.07) is 14.1. The summed E-state index contributed by atoms with van der Waals surface area (Å²) in [6.45, 7) is 3.90. The molecule has 0 saturated carbocycles. The molecular formula is C29H27FN8O2. The highest BCUT2D eigenvalue weighted by Gasteiger charge is 2.16. The molecule has 3 aromatic heterocycles. The van der Waals surface area contributed by atoms with Crippen molar-refractivity contribution in [2.75, 3.05) is 23.0 Å². The summed E-state index contributed by atoms with van der Waals surface area (Å²) in [5.41, 5.74) is 3.02. The number of nitrogens with zero attached hydrogens (tertiary/aromatic N) is 5. The molecule has 0 fully saturated rings. The molecular weight excluding hydrogens is 511 g/mol. The van der Waals surface area contributed by atoms with Crippen LogP contribution >= 0.6 is 0 Å². The van der Waals surface area contributed by atoms with E-state index in [0.29, 0.717) is 56.6 Å². The van der Waals surface area contributed by atoms with Crippen LogP contribution < -0.4 is 21.5 Å². The van der Waals surface area contributed by atoms with Crippen molar-refractivity contribution in [3.63, 3.8) is 0 Å². The van der Waals surface area contributed by atoms with E-state index in [9.17, 15) is 14.0 Å². The van der Waals surface area contributed by atoms with Gasteiger partial charge in [-0.1, -0.05) is 38.1 Å². The van der Waals surface area contributed by atoms with E-state index in [1.807, 2.05) is 13.8 Å². The fourth-order valence-corrected chi connectivity index (χ4v) is 4.24. The fraction of sp³-hybridized carbons (Fsp3) is 0.172. The second-order valence-corrected chi connectivity index (χ2v) is 9.46. The van der Waals surface area contributed by atoms with E-state index >= 15 is 0 Å². The van der Waals surface area contributed by atoms with Crippen molar-refractivity contribution in [2.24, 2.45) is 7.05 Å². The molecule has 2 aromatic carbocycles. The van der Waals surface area contributed by atoms with Crippen LogP contribution in [-0.4, -0.2) is 37.6 Å². The number of aromatic nitrogens is 5. The molecule has 0 aliphatic rings. The summed E-state index contributed by atoms with van der Waals surface area (Å²) in [7, 11) is 3.36. The zero-order chi connectivity index (χ0) is 28.4. The average molecular weight is 539 g/mol. The number of pyridine rings is 1. The first-order chi connectivity index (χ1) is 19.2. The summed E-state index contributed by atoms with van der Waals surface area (Å²) in [5, 5.41) is 9.13. The number of anilines is 3. The third kappa shape index (κ3) is 5.35. The highest BCUT2D eigenvalue weighted by atomic mass is 19.1. The molecule has 40 heavy (non-hydrogen) atoms. The Kier molecular flexibility index (Phi) is 7.19. The molecule has 0 bridgehead atoms. The Balaban J connectivity index is 1.43. The first-order valence-corrected chi connectivity index (χ1v) is 12.6. The van der Waals surface area contributed by atoms with E-state index in [4.69, 9.17) is 0 Å². The van der Waals surface area contributed by atoms with Gasteiger partial charge in [-0.2, -0.15) is 4.98 Å². The van der Waals surface area contributed by atoms with Crippen molar-refractivity contribution in [3.05, 3.63) is 89.0 Å². The Morgan fingerprint density at radius 3 is 2.48 bits per heavy atom. The Morgan fingerprint density at radius 1 is 0.950 bits per heavy atom. The number of amides is 2. The fourth-order valence-electron chi connectivity index (χ4n) is 4.24. The van der Waals surface area contributed by atoms with Crippen molar-refractivity contribution in [1.82, 2.24) is 24.5 Å². The van der Waals surface area contributed by atoms with Crippen LogP contribution in [0.4, 0.5) is 26.5 Å². The lowest BCUT2D eigenvalue weighted by Crippen LogP contribution is -2.21. The van der Waals surface area contributed by atoms with Gasteiger partial charge >= 0.3 is 6.03 Å². The molecule has 202 valence electrons. The Hall–Kier alpha value is -5.19. The molecule has 2 amide bonds. The van der Waals surface area contributed by atoms with Crippen molar-refractivity contribution in [3.8, 4) is 22.4 Å². The third-order valence-corrected chi connectivity index (χ3v) is 6.27. The molecule has 0 aliphatic carbocycles.